The van der Waals surface area contributed by atoms with Crippen LogP contribution in [0.2, 0.25) is 0 Å². The summed E-state index contributed by atoms with van der Waals surface area (Å²) >= 11 is 0. The van der Waals surface area contributed by atoms with Crippen molar-refractivity contribution in [2.45, 2.75) is 0 Å². The van der Waals surface area contributed by atoms with Crippen molar-refractivity contribution in [3.63, 3.8) is 0 Å². The average Bonchev–Trinajstić information content (AvgIpc) is 3.42. The second-order valence-corrected chi connectivity index (χ2v) is 8.75. The first-order valence-corrected chi connectivity index (χ1v) is 12.6. The largest absolute Gasteiger partial charge is 0.497 e. The van der Waals surface area contributed by atoms with E-state index in [0.29, 0.717) is 34.5 Å². The minimum absolute atomic E-state index is 0.205. The zero-order chi connectivity index (χ0) is 28.5. The van der Waals surface area contributed by atoms with Crippen LogP contribution in [0, 0.1) is 0 Å². The molecule has 0 aliphatic heterocycles. The van der Waals surface area contributed by atoms with Crippen LogP contribution < -0.4 is 19.5 Å². The van der Waals surface area contributed by atoms with Crippen molar-refractivity contribution >= 4 is 17.8 Å². The molecule has 0 radical (unpaired) electrons. The Morgan fingerprint density at radius 3 is 2.20 bits per heavy atom. The number of nitrogens with zero attached hydrogens (tertiary/aromatic N) is 3. The van der Waals surface area contributed by atoms with E-state index in [4.69, 9.17) is 23.9 Å². The van der Waals surface area contributed by atoms with Crippen LogP contribution in [0.25, 0.3) is 16.9 Å². The number of rotatable bonds is 12. The Labute approximate surface area is 233 Å². The van der Waals surface area contributed by atoms with Gasteiger partial charge in [-0.2, -0.15) is 0 Å². The molecular weight excluding hydrogens is 512 g/mol. The fourth-order valence-corrected chi connectivity index (χ4v) is 4.06. The Morgan fingerprint density at radius 1 is 0.850 bits per heavy atom. The van der Waals surface area contributed by atoms with Crippen LogP contribution in [-0.4, -0.2) is 74.4 Å². The fraction of sp³-hybridized carbons (Fsp3) is 0.233. The monoisotopic (exact) mass is 544 g/mol. The second kappa shape index (κ2) is 13.3. The number of carbonyl (C=O) groups is 2. The smallest absolute Gasteiger partial charge is 0.254 e. The lowest BCUT2D eigenvalue weighted by molar-refractivity contribution is -0.117. The first-order valence-electron chi connectivity index (χ1n) is 12.6. The van der Waals surface area contributed by atoms with Crippen LogP contribution in [0.1, 0.15) is 10.4 Å². The highest BCUT2D eigenvalue weighted by molar-refractivity contribution is 5.99. The molecule has 0 atom stereocenters. The second-order valence-electron chi connectivity index (χ2n) is 8.75. The van der Waals surface area contributed by atoms with Gasteiger partial charge < -0.3 is 23.8 Å². The first-order chi connectivity index (χ1) is 19.4. The molecule has 0 aliphatic carbocycles. The molecule has 40 heavy (non-hydrogen) atoms. The van der Waals surface area contributed by atoms with Crippen LogP contribution in [0.3, 0.4) is 0 Å². The van der Waals surface area contributed by atoms with Gasteiger partial charge in [-0.25, -0.2) is 4.98 Å². The van der Waals surface area contributed by atoms with E-state index < -0.39 is 5.91 Å². The topological polar surface area (TPSA) is 104 Å². The van der Waals surface area contributed by atoms with E-state index in [-0.39, 0.29) is 25.6 Å². The number of hydrogen-bond acceptors (Lipinski definition) is 7. The quantitative estimate of drug-likeness (QED) is 0.284. The summed E-state index contributed by atoms with van der Waals surface area (Å²) in [5.41, 5.74) is 2.62. The zero-order valence-corrected chi connectivity index (χ0v) is 22.9. The van der Waals surface area contributed by atoms with Gasteiger partial charge in [0.15, 0.2) is 0 Å². The number of ether oxygens (including phenoxy) is 4. The highest BCUT2D eigenvalue weighted by atomic mass is 16.5. The van der Waals surface area contributed by atoms with Gasteiger partial charge in [0.05, 0.1) is 33.6 Å². The molecular formula is C30H32N4O6. The summed E-state index contributed by atoms with van der Waals surface area (Å²) in [6.45, 7) is 0.286. The number of imidazole rings is 1. The van der Waals surface area contributed by atoms with E-state index >= 15 is 0 Å². The van der Waals surface area contributed by atoms with Crippen LogP contribution in [0.5, 0.6) is 17.2 Å². The molecule has 0 unspecified atom stereocenters. The van der Waals surface area contributed by atoms with Crippen LogP contribution >= 0.6 is 0 Å². The maximum absolute atomic E-state index is 13.3. The van der Waals surface area contributed by atoms with E-state index in [0.717, 1.165) is 11.3 Å². The van der Waals surface area contributed by atoms with Gasteiger partial charge in [-0.15, -0.1) is 0 Å². The molecule has 0 bridgehead atoms. The number of amides is 2. The minimum Gasteiger partial charge on any atom is -0.497 e. The van der Waals surface area contributed by atoms with Crippen molar-refractivity contribution in [3.05, 3.63) is 84.6 Å². The summed E-state index contributed by atoms with van der Waals surface area (Å²) in [4.78, 5) is 32.7. The SMILES string of the molecule is COCCN(CC(=O)Nc1nc(-c2cccc(OC)c2)cn1-c1ccc(OC)cc1)C(=O)c1cccc(OC)c1. The summed E-state index contributed by atoms with van der Waals surface area (Å²) < 4.78 is 22.9. The van der Waals surface area contributed by atoms with Crippen LogP contribution in [0.15, 0.2) is 79.0 Å². The van der Waals surface area contributed by atoms with Gasteiger partial charge in [-0.1, -0.05) is 18.2 Å². The van der Waals surface area contributed by atoms with Crippen LogP contribution in [-0.2, 0) is 9.53 Å². The molecule has 1 aromatic heterocycles. The Morgan fingerprint density at radius 2 is 1.52 bits per heavy atom. The highest BCUT2D eigenvalue weighted by Crippen LogP contribution is 2.28. The van der Waals surface area contributed by atoms with E-state index in [9.17, 15) is 9.59 Å². The third-order valence-corrected chi connectivity index (χ3v) is 6.18. The normalized spacial score (nSPS) is 10.6. The summed E-state index contributed by atoms with van der Waals surface area (Å²) in [5.74, 6) is 1.51. The van der Waals surface area contributed by atoms with Gasteiger partial charge >= 0.3 is 0 Å². The van der Waals surface area contributed by atoms with Crippen molar-refractivity contribution in [1.82, 2.24) is 14.5 Å². The van der Waals surface area contributed by atoms with Crippen molar-refractivity contribution in [1.29, 1.82) is 0 Å². The molecule has 4 aromatic rings. The molecule has 0 fully saturated rings. The third kappa shape index (κ3) is 6.78. The zero-order valence-electron chi connectivity index (χ0n) is 22.9. The molecule has 208 valence electrons. The van der Waals surface area contributed by atoms with Crippen molar-refractivity contribution in [2.24, 2.45) is 0 Å². The molecule has 0 aliphatic rings. The molecule has 1 N–H and O–H groups in total. The molecule has 3 aromatic carbocycles. The lowest BCUT2D eigenvalue weighted by Crippen LogP contribution is -2.40. The van der Waals surface area contributed by atoms with Gasteiger partial charge in [-0.05, 0) is 54.6 Å². The number of carbonyl (C=O) groups excluding carboxylic acids is 2. The molecule has 10 nitrogen and oxygen atoms in total. The van der Waals surface area contributed by atoms with E-state index in [1.54, 1.807) is 50.2 Å². The summed E-state index contributed by atoms with van der Waals surface area (Å²) in [6.07, 6.45) is 1.83. The van der Waals surface area contributed by atoms with E-state index in [1.165, 1.54) is 12.0 Å². The van der Waals surface area contributed by atoms with Gasteiger partial charge in [0, 0.05) is 36.7 Å². The summed E-state index contributed by atoms with van der Waals surface area (Å²) in [5, 5.41) is 2.88. The number of hydrogen-bond donors (Lipinski definition) is 1. The Kier molecular flexibility index (Phi) is 9.37. The Balaban J connectivity index is 1.62. The molecule has 0 saturated carbocycles. The molecule has 0 saturated heterocycles. The van der Waals surface area contributed by atoms with E-state index in [2.05, 4.69) is 5.32 Å². The lowest BCUT2D eigenvalue weighted by Gasteiger charge is -2.22. The predicted octanol–water partition coefficient (Wildman–Crippen LogP) is 4.29. The minimum atomic E-state index is -0.412. The molecule has 4 rings (SSSR count). The molecule has 2 amide bonds. The Hall–Kier alpha value is -4.83. The summed E-state index contributed by atoms with van der Waals surface area (Å²) in [6, 6.07) is 21.7. The molecule has 1 heterocycles. The average molecular weight is 545 g/mol. The lowest BCUT2D eigenvalue weighted by atomic mass is 10.1. The van der Waals surface area contributed by atoms with Crippen molar-refractivity contribution in [2.75, 3.05) is 53.5 Å². The Bertz CT molecular complexity index is 1450. The number of benzene rings is 3. The van der Waals surface area contributed by atoms with E-state index in [1.807, 2.05) is 54.7 Å². The maximum Gasteiger partial charge on any atom is 0.254 e. The standard InChI is InChI=1S/C30H32N4O6/c1-37-16-15-33(29(36)22-8-6-10-26(18-22)40-4)20-28(35)32-30-31-27(21-7-5-9-25(17-21)39-3)19-34(30)23-11-13-24(38-2)14-12-23/h5-14,17-19H,15-16,20H2,1-4H3,(H,31,32,35). The third-order valence-electron chi connectivity index (χ3n) is 6.18. The molecule has 0 spiro atoms. The van der Waals surface area contributed by atoms with Gasteiger partial charge in [0.1, 0.15) is 23.8 Å². The van der Waals surface area contributed by atoms with Gasteiger partial charge in [0.2, 0.25) is 11.9 Å². The highest BCUT2D eigenvalue weighted by Gasteiger charge is 2.21. The fourth-order valence-electron chi connectivity index (χ4n) is 4.06. The molecule has 10 heteroatoms. The van der Waals surface area contributed by atoms with Crippen LogP contribution in [0.4, 0.5) is 5.95 Å². The number of nitrogens with one attached hydrogen (secondary N) is 1. The number of methoxy groups -OCH3 is 4. The van der Waals surface area contributed by atoms with Gasteiger partial charge in [-0.3, -0.25) is 19.5 Å². The predicted molar refractivity (Wildman–Crippen MR) is 152 cm³/mol. The maximum atomic E-state index is 13.3. The van der Waals surface area contributed by atoms with Gasteiger partial charge in [0.25, 0.3) is 5.91 Å². The number of anilines is 1. The van der Waals surface area contributed by atoms with Crippen molar-refractivity contribution < 1.29 is 28.5 Å². The summed E-state index contributed by atoms with van der Waals surface area (Å²) in [7, 11) is 6.27. The number of aromatic nitrogens is 2. The first kappa shape index (κ1) is 28.2. The van der Waals surface area contributed by atoms with Crippen molar-refractivity contribution in [3.8, 4) is 34.2 Å².